The number of nitrogens with two attached hydrogens (primary N) is 1. The number of rotatable bonds is 14. The van der Waals surface area contributed by atoms with Crippen LogP contribution in [0.1, 0.15) is 41.5 Å². The molecule has 0 saturated carbocycles. The molecule has 0 saturated heterocycles. The topological polar surface area (TPSA) is 123 Å². The number of aromatic nitrogens is 3. The summed E-state index contributed by atoms with van der Waals surface area (Å²) in [6, 6.07) is 10.3. The van der Waals surface area contributed by atoms with Gasteiger partial charge in [-0.05, 0) is 59.7 Å². The Morgan fingerprint density at radius 3 is 2.31 bits per heavy atom. The van der Waals surface area contributed by atoms with Gasteiger partial charge in [0.25, 0.3) is 0 Å². The number of nitrogens with zero attached hydrogens (tertiary/aromatic N) is 3. The van der Waals surface area contributed by atoms with E-state index >= 15 is 0 Å². The van der Waals surface area contributed by atoms with Crippen LogP contribution in [-0.4, -0.2) is 51.5 Å². The number of fused-ring (bicyclic) bond motifs is 1. The summed E-state index contributed by atoms with van der Waals surface area (Å²) in [6.07, 6.45) is 2.07. The Kier molecular flexibility index (Phi) is 9.87. The molecule has 198 valence electrons. The van der Waals surface area contributed by atoms with Crippen molar-refractivity contribution in [1.29, 1.82) is 0 Å². The van der Waals surface area contributed by atoms with Crippen LogP contribution in [0.4, 0.5) is 5.69 Å². The molecule has 2 aromatic heterocycles. The van der Waals surface area contributed by atoms with E-state index in [0.717, 1.165) is 0 Å². The van der Waals surface area contributed by atoms with Crippen LogP contribution in [0, 0.1) is 0 Å². The summed E-state index contributed by atoms with van der Waals surface area (Å²) in [6.45, 7) is 11.9. The molecule has 0 aliphatic rings. The number of para-hydroxylation sites is 1. The van der Waals surface area contributed by atoms with Gasteiger partial charge in [-0.25, -0.2) is 15.1 Å². The van der Waals surface area contributed by atoms with E-state index < -0.39 is 19.9 Å². The molecule has 2 heterocycles. The van der Waals surface area contributed by atoms with Gasteiger partial charge in [-0.15, -0.1) is 0 Å². The van der Waals surface area contributed by atoms with E-state index in [9.17, 15) is 4.57 Å². The molecular weight excluding hydrogens is 481 g/mol. The largest absolute Gasteiger partial charge is 0.431 e. The van der Waals surface area contributed by atoms with Crippen molar-refractivity contribution in [2.24, 2.45) is 0 Å². The molecule has 3 aromatic rings. The summed E-state index contributed by atoms with van der Waals surface area (Å²) < 4.78 is 39.7. The molecule has 0 spiro atoms. The van der Waals surface area contributed by atoms with Crippen molar-refractivity contribution in [1.82, 2.24) is 19.6 Å². The van der Waals surface area contributed by atoms with Crippen molar-refractivity contribution >= 4 is 24.4 Å². The van der Waals surface area contributed by atoms with E-state index in [1.165, 1.54) is 0 Å². The molecule has 3 atom stereocenters. The van der Waals surface area contributed by atoms with Gasteiger partial charge in [0, 0.05) is 6.20 Å². The fourth-order valence-corrected chi connectivity index (χ4v) is 5.42. The standard InChI is InChI=1S/C25H38N5O5P/c1-17(2)33-25(34-18(3)4)20(6)29-36(31,35-21-10-8-7-9-11-21)16-32-19(5)14-30-15-28-23-22(26)12-13-27-24(23)30/h7-13,15,17-20,25H,14,16H2,1-6H3,(H2,26,27)(H,29,31)/t19-,20+,36?/m1/s1. The van der Waals surface area contributed by atoms with E-state index in [1.807, 2.05) is 64.3 Å². The van der Waals surface area contributed by atoms with Crippen LogP contribution in [0.2, 0.25) is 0 Å². The lowest BCUT2D eigenvalue weighted by atomic mass is 10.3. The molecule has 0 amide bonds. The Morgan fingerprint density at radius 1 is 1.00 bits per heavy atom. The fourth-order valence-electron chi connectivity index (χ4n) is 3.59. The summed E-state index contributed by atoms with van der Waals surface area (Å²) in [7, 11) is -3.53. The lowest BCUT2D eigenvalue weighted by Gasteiger charge is -2.31. The molecule has 1 aromatic carbocycles. The summed E-state index contributed by atoms with van der Waals surface area (Å²) >= 11 is 0. The Hall–Kier alpha value is -2.49. The van der Waals surface area contributed by atoms with Gasteiger partial charge in [0.05, 0.1) is 42.9 Å². The molecule has 10 nitrogen and oxygen atoms in total. The third kappa shape index (κ3) is 8.01. The van der Waals surface area contributed by atoms with Gasteiger partial charge < -0.3 is 29.0 Å². The highest BCUT2D eigenvalue weighted by atomic mass is 31.2. The number of anilines is 1. The van der Waals surface area contributed by atoms with Crippen molar-refractivity contribution in [3.05, 3.63) is 48.9 Å². The van der Waals surface area contributed by atoms with Gasteiger partial charge in [-0.2, -0.15) is 0 Å². The number of imidazole rings is 1. The molecule has 3 rings (SSSR count). The van der Waals surface area contributed by atoms with E-state index in [1.54, 1.807) is 30.7 Å². The van der Waals surface area contributed by atoms with Gasteiger partial charge in [-0.3, -0.25) is 4.57 Å². The number of nitrogen functional groups attached to an aromatic ring is 1. The smallest absolute Gasteiger partial charge is 0.342 e. The summed E-state index contributed by atoms with van der Waals surface area (Å²) in [5, 5.41) is 3.11. The molecule has 1 unspecified atom stereocenters. The van der Waals surface area contributed by atoms with Crippen LogP contribution >= 0.6 is 7.52 Å². The highest BCUT2D eigenvalue weighted by Crippen LogP contribution is 2.44. The predicted octanol–water partition coefficient (Wildman–Crippen LogP) is 4.80. The molecule has 11 heteroatoms. The minimum absolute atomic E-state index is 0.0728. The van der Waals surface area contributed by atoms with E-state index in [4.69, 9.17) is 24.5 Å². The molecule has 0 radical (unpaired) electrons. The fraction of sp³-hybridized carbons (Fsp3) is 0.520. The van der Waals surface area contributed by atoms with Crippen molar-refractivity contribution < 1.29 is 23.3 Å². The Balaban J connectivity index is 1.73. The Bertz CT molecular complexity index is 1130. The van der Waals surface area contributed by atoms with Gasteiger partial charge in [0.2, 0.25) is 0 Å². The van der Waals surface area contributed by atoms with Crippen molar-refractivity contribution in [3.63, 3.8) is 0 Å². The summed E-state index contributed by atoms with van der Waals surface area (Å²) in [5.74, 6) is 0.475. The average Bonchev–Trinajstić information content (AvgIpc) is 3.21. The summed E-state index contributed by atoms with van der Waals surface area (Å²) in [5.41, 5.74) is 7.86. The van der Waals surface area contributed by atoms with E-state index in [2.05, 4.69) is 15.1 Å². The molecular formula is C25H38N5O5P. The highest BCUT2D eigenvalue weighted by molar-refractivity contribution is 7.57. The van der Waals surface area contributed by atoms with Crippen LogP contribution in [-0.2, 0) is 25.3 Å². The molecule has 0 aliphatic heterocycles. The first-order valence-electron chi connectivity index (χ1n) is 12.2. The van der Waals surface area contributed by atoms with Crippen LogP contribution in [0.25, 0.3) is 11.2 Å². The monoisotopic (exact) mass is 519 g/mol. The van der Waals surface area contributed by atoms with Crippen molar-refractivity contribution in [2.45, 2.75) is 78.7 Å². The lowest BCUT2D eigenvalue weighted by molar-refractivity contribution is -0.191. The number of ether oxygens (including phenoxy) is 3. The average molecular weight is 520 g/mol. The number of benzene rings is 1. The Morgan fingerprint density at radius 2 is 1.67 bits per heavy atom. The maximum absolute atomic E-state index is 14.0. The Labute approximate surface area is 213 Å². The quantitative estimate of drug-likeness (QED) is 0.228. The minimum atomic E-state index is -3.53. The van der Waals surface area contributed by atoms with Crippen LogP contribution < -0.4 is 15.3 Å². The van der Waals surface area contributed by atoms with Crippen LogP contribution in [0.15, 0.2) is 48.9 Å². The number of hydrogen-bond donors (Lipinski definition) is 2. The number of pyridine rings is 1. The van der Waals surface area contributed by atoms with Crippen molar-refractivity contribution in [2.75, 3.05) is 12.1 Å². The molecule has 0 fully saturated rings. The van der Waals surface area contributed by atoms with Gasteiger partial charge >= 0.3 is 7.52 Å². The van der Waals surface area contributed by atoms with E-state index in [0.29, 0.717) is 29.1 Å². The third-order valence-electron chi connectivity index (χ3n) is 5.13. The van der Waals surface area contributed by atoms with Crippen molar-refractivity contribution in [3.8, 4) is 5.75 Å². The second-order valence-electron chi connectivity index (χ2n) is 9.31. The first kappa shape index (κ1) is 28.1. The number of nitrogens with one attached hydrogen (secondary N) is 1. The van der Waals surface area contributed by atoms with Gasteiger partial charge in [0.1, 0.15) is 17.6 Å². The maximum Gasteiger partial charge on any atom is 0.342 e. The molecule has 0 bridgehead atoms. The minimum Gasteiger partial charge on any atom is -0.431 e. The normalized spacial score (nSPS) is 15.5. The zero-order valence-corrected chi connectivity index (χ0v) is 22.7. The van der Waals surface area contributed by atoms with Gasteiger partial charge in [-0.1, -0.05) is 18.2 Å². The van der Waals surface area contributed by atoms with Crippen LogP contribution in [0.3, 0.4) is 0 Å². The maximum atomic E-state index is 14.0. The summed E-state index contributed by atoms with van der Waals surface area (Å²) in [4.78, 5) is 8.71. The SMILES string of the molecule is CC(C)OC(OC(C)C)[C@H](C)NP(=O)(CO[C@H](C)Cn1cnc2c(N)ccnc21)Oc1ccccc1. The zero-order chi connectivity index (χ0) is 26.3. The third-order valence-corrected chi connectivity index (χ3v) is 6.93. The zero-order valence-electron chi connectivity index (χ0n) is 21.8. The first-order chi connectivity index (χ1) is 17.1. The second-order valence-corrected chi connectivity index (χ2v) is 11.4. The first-order valence-corrected chi connectivity index (χ1v) is 14.0. The number of hydrogen-bond acceptors (Lipinski definition) is 8. The van der Waals surface area contributed by atoms with Crippen LogP contribution in [0.5, 0.6) is 5.75 Å². The molecule has 36 heavy (non-hydrogen) atoms. The lowest BCUT2D eigenvalue weighted by Crippen LogP contribution is -2.43. The molecule has 3 N–H and O–H groups in total. The predicted molar refractivity (Wildman–Crippen MR) is 141 cm³/mol. The van der Waals surface area contributed by atoms with E-state index in [-0.39, 0.29) is 24.7 Å². The highest BCUT2D eigenvalue weighted by Gasteiger charge is 2.33. The van der Waals surface area contributed by atoms with Gasteiger partial charge in [0.15, 0.2) is 11.9 Å². The molecule has 0 aliphatic carbocycles. The second kappa shape index (κ2) is 12.7.